The molecule has 1 fully saturated rings. The number of nitrogens with zero attached hydrogens (tertiary/aromatic N) is 3. The molecule has 1 saturated heterocycles. The molecule has 2 atom stereocenters. The van der Waals surface area contributed by atoms with Gasteiger partial charge < -0.3 is 9.30 Å². The molecule has 2 heterocycles. The van der Waals surface area contributed by atoms with Crippen molar-refractivity contribution in [3.63, 3.8) is 0 Å². The molecule has 0 amide bonds. The fourth-order valence-corrected chi connectivity index (χ4v) is 4.89. The lowest BCUT2D eigenvalue weighted by Crippen LogP contribution is -2.46. The molecular formula is C18H25N3O3S. The molecule has 6 nitrogen and oxygen atoms in total. The van der Waals surface area contributed by atoms with Crippen molar-refractivity contribution in [1.82, 2.24) is 13.9 Å². The number of sulfonamides is 1. The molecule has 3 rings (SSSR count). The lowest BCUT2D eigenvalue weighted by Gasteiger charge is -2.36. The zero-order valence-electron chi connectivity index (χ0n) is 14.7. The molecule has 1 aliphatic heterocycles. The predicted molar refractivity (Wildman–Crippen MR) is 96.8 cm³/mol. The monoisotopic (exact) mass is 363 g/mol. The highest BCUT2D eigenvalue weighted by atomic mass is 32.2. The van der Waals surface area contributed by atoms with Gasteiger partial charge in [0.2, 0.25) is 10.0 Å². The van der Waals surface area contributed by atoms with Crippen molar-refractivity contribution in [2.24, 2.45) is 0 Å². The summed E-state index contributed by atoms with van der Waals surface area (Å²) in [5.41, 5.74) is 0.978. The normalized spacial score (nSPS) is 23.4. The number of benzene rings is 1. The second kappa shape index (κ2) is 7.58. The van der Waals surface area contributed by atoms with E-state index < -0.39 is 10.0 Å². The highest BCUT2D eigenvalue weighted by Crippen LogP contribution is 2.28. The largest absolute Gasteiger partial charge is 0.492 e. The highest BCUT2D eigenvalue weighted by Gasteiger charge is 2.36. The molecule has 0 aliphatic carbocycles. The van der Waals surface area contributed by atoms with Crippen LogP contribution in [0.2, 0.25) is 0 Å². The summed E-state index contributed by atoms with van der Waals surface area (Å²) in [6.45, 7) is 5.50. The van der Waals surface area contributed by atoms with Gasteiger partial charge in [0, 0.05) is 25.0 Å². The number of aromatic nitrogens is 2. The van der Waals surface area contributed by atoms with Gasteiger partial charge in [-0.2, -0.15) is 4.31 Å². The van der Waals surface area contributed by atoms with Crippen LogP contribution in [0.15, 0.2) is 43.0 Å². The molecule has 25 heavy (non-hydrogen) atoms. The van der Waals surface area contributed by atoms with Crippen LogP contribution >= 0.6 is 0 Å². The second-order valence-corrected chi connectivity index (χ2v) is 8.92. The molecular weight excluding hydrogens is 338 g/mol. The summed E-state index contributed by atoms with van der Waals surface area (Å²) >= 11 is 0. The third-order valence-corrected chi connectivity index (χ3v) is 7.15. The Labute approximate surface area is 149 Å². The van der Waals surface area contributed by atoms with Crippen molar-refractivity contribution in [2.75, 3.05) is 6.61 Å². The Balaban J connectivity index is 1.58. The second-order valence-electron chi connectivity index (χ2n) is 6.62. The number of hydrogen-bond acceptors (Lipinski definition) is 4. The maximum absolute atomic E-state index is 12.5. The fourth-order valence-electron chi connectivity index (χ4n) is 3.06. The van der Waals surface area contributed by atoms with Gasteiger partial charge in [0.15, 0.2) is 0 Å². The molecule has 2 aromatic rings. The summed E-state index contributed by atoms with van der Waals surface area (Å²) < 4.78 is 34.4. The summed E-state index contributed by atoms with van der Waals surface area (Å²) in [4.78, 5) is 3.99. The summed E-state index contributed by atoms with van der Waals surface area (Å²) in [5.74, 6) is 0.784. The first kappa shape index (κ1) is 17.9. The topological polar surface area (TPSA) is 64.4 Å². The van der Waals surface area contributed by atoms with Crippen LogP contribution in [-0.2, 0) is 23.1 Å². The van der Waals surface area contributed by atoms with Crippen LogP contribution in [0.3, 0.4) is 0 Å². The van der Waals surface area contributed by atoms with E-state index in [2.05, 4.69) is 4.98 Å². The lowest BCUT2D eigenvalue weighted by atomic mass is 10.1. The minimum absolute atomic E-state index is 0.0484. The third kappa shape index (κ3) is 4.22. The smallest absolute Gasteiger partial charge is 0.217 e. The van der Waals surface area contributed by atoms with Gasteiger partial charge in [-0.15, -0.1) is 0 Å². The molecule has 0 N–H and O–H groups in total. The molecule has 1 aliphatic rings. The molecule has 1 unspecified atom stereocenters. The Bertz CT molecular complexity index is 772. The molecule has 7 heteroatoms. The van der Waals surface area contributed by atoms with Gasteiger partial charge in [0.05, 0.1) is 18.1 Å². The zero-order chi connectivity index (χ0) is 17.9. The summed E-state index contributed by atoms with van der Waals surface area (Å²) in [6, 6.07) is 7.72. The van der Waals surface area contributed by atoms with E-state index in [0.29, 0.717) is 13.2 Å². The minimum atomic E-state index is -3.21. The van der Waals surface area contributed by atoms with Crippen molar-refractivity contribution in [3.8, 4) is 5.75 Å². The summed E-state index contributed by atoms with van der Waals surface area (Å²) in [5, 5.41) is -0.297. The Morgan fingerprint density at radius 2 is 1.96 bits per heavy atom. The van der Waals surface area contributed by atoms with Crippen LogP contribution < -0.4 is 4.74 Å². The zero-order valence-corrected chi connectivity index (χ0v) is 15.5. The van der Waals surface area contributed by atoms with Gasteiger partial charge in [-0.25, -0.2) is 13.4 Å². The van der Waals surface area contributed by atoms with E-state index in [1.165, 1.54) is 0 Å². The highest BCUT2D eigenvalue weighted by molar-refractivity contribution is 7.89. The Kier molecular flexibility index (Phi) is 5.44. The van der Waals surface area contributed by atoms with E-state index >= 15 is 0 Å². The maximum atomic E-state index is 12.5. The molecule has 1 aromatic heterocycles. The molecule has 0 spiro atoms. The van der Waals surface area contributed by atoms with Crippen molar-refractivity contribution in [2.45, 2.75) is 51.1 Å². The molecule has 0 radical (unpaired) electrons. The van der Waals surface area contributed by atoms with Gasteiger partial charge in [-0.1, -0.05) is 12.1 Å². The van der Waals surface area contributed by atoms with Crippen molar-refractivity contribution >= 4 is 10.0 Å². The van der Waals surface area contributed by atoms with E-state index in [1.807, 2.05) is 42.0 Å². The van der Waals surface area contributed by atoms with Gasteiger partial charge in [-0.05, 0) is 44.4 Å². The average molecular weight is 363 g/mol. The first-order chi connectivity index (χ1) is 12.0. The Morgan fingerprint density at radius 1 is 1.20 bits per heavy atom. The van der Waals surface area contributed by atoms with Crippen LogP contribution in [0.4, 0.5) is 0 Å². The summed E-state index contributed by atoms with van der Waals surface area (Å²) in [7, 11) is -3.21. The fraction of sp³-hybridized carbons (Fsp3) is 0.500. The van der Waals surface area contributed by atoms with Crippen LogP contribution in [0.25, 0.3) is 0 Å². The summed E-state index contributed by atoms with van der Waals surface area (Å²) in [6.07, 6.45) is 7.05. The van der Waals surface area contributed by atoms with Crippen LogP contribution in [0.5, 0.6) is 5.75 Å². The maximum Gasteiger partial charge on any atom is 0.217 e. The number of hydrogen-bond donors (Lipinski definition) is 0. The quantitative estimate of drug-likeness (QED) is 0.791. The molecule has 0 bridgehead atoms. The van der Waals surface area contributed by atoms with Gasteiger partial charge >= 0.3 is 0 Å². The van der Waals surface area contributed by atoms with Crippen molar-refractivity contribution in [3.05, 3.63) is 48.5 Å². The minimum Gasteiger partial charge on any atom is -0.492 e. The third-order valence-electron chi connectivity index (χ3n) is 4.76. The first-order valence-corrected chi connectivity index (χ1v) is 10.2. The Morgan fingerprint density at radius 3 is 2.64 bits per heavy atom. The molecule has 1 aromatic carbocycles. The average Bonchev–Trinajstić information content (AvgIpc) is 3.10. The van der Waals surface area contributed by atoms with Gasteiger partial charge in [0.1, 0.15) is 12.4 Å². The van der Waals surface area contributed by atoms with Crippen LogP contribution in [0, 0.1) is 0 Å². The van der Waals surface area contributed by atoms with E-state index in [1.54, 1.807) is 23.8 Å². The number of ether oxygens (including phenoxy) is 1. The Hall–Kier alpha value is -1.86. The van der Waals surface area contributed by atoms with Crippen LogP contribution in [-0.4, -0.2) is 40.2 Å². The van der Waals surface area contributed by atoms with Crippen molar-refractivity contribution < 1.29 is 13.2 Å². The van der Waals surface area contributed by atoms with E-state index in [4.69, 9.17) is 4.74 Å². The van der Waals surface area contributed by atoms with Crippen molar-refractivity contribution in [1.29, 1.82) is 0 Å². The lowest BCUT2D eigenvalue weighted by molar-refractivity contribution is 0.283. The van der Waals surface area contributed by atoms with E-state index in [-0.39, 0.29) is 11.3 Å². The van der Waals surface area contributed by atoms with Crippen LogP contribution in [0.1, 0.15) is 32.3 Å². The standard InChI is InChI=1S/C18H25N3O3S/c1-15-3-4-16(2)25(22,23)21(15)13-17-5-7-18(8-6-17)24-12-11-20-10-9-19-14-20/h5-10,14-16H,3-4,11-13H2,1-2H3/t15-,16?/m0/s1. The molecule has 136 valence electrons. The molecule has 0 saturated carbocycles. The van der Waals surface area contributed by atoms with Gasteiger partial charge in [-0.3, -0.25) is 0 Å². The first-order valence-electron chi connectivity index (χ1n) is 8.65. The van der Waals surface area contributed by atoms with E-state index in [0.717, 1.165) is 30.7 Å². The van der Waals surface area contributed by atoms with E-state index in [9.17, 15) is 8.42 Å². The van der Waals surface area contributed by atoms with Gasteiger partial charge in [0.25, 0.3) is 0 Å². The number of rotatable bonds is 6. The SMILES string of the molecule is CC1CC[C@H](C)N(Cc2ccc(OCCn3ccnc3)cc2)S1(=O)=O. The number of imidazole rings is 1. The predicted octanol–water partition coefficient (Wildman–Crippen LogP) is 2.66.